The molecule has 25 heavy (non-hydrogen) atoms. The highest BCUT2D eigenvalue weighted by Crippen LogP contribution is 2.19. The summed E-state index contributed by atoms with van der Waals surface area (Å²) in [5.74, 6) is 1.35. The normalized spacial score (nSPS) is 12.1. The Morgan fingerprint density at radius 1 is 1.04 bits per heavy atom. The summed E-state index contributed by atoms with van der Waals surface area (Å²) < 4.78 is 12.7. The van der Waals surface area contributed by atoms with E-state index in [1.165, 1.54) is 0 Å². The fourth-order valence-electron chi connectivity index (χ4n) is 2.30. The van der Waals surface area contributed by atoms with Crippen molar-refractivity contribution < 1.29 is 14.6 Å². The van der Waals surface area contributed by atoms with Crippen molar-refractivity contribution >= 4 is 0 Å². The lowest BCUT2D eigenvalue weighted by Gasteiger charge is -2.13. The smallest absolute Gasteiger partial charge is 0.181 e. The lowest BCUT2D eigenvalue weighted by Crippen LogP contribution is -2.23. The zero-order valence-corrected chi connectivity index (χ0v) is 14.1. The van der Waals surface area contributed by atoms with Crippen molar-refractivity contribution in [2.75, 3.05) is 13.2 Å². The predicted molar refractivity (Wildman–Crippen MR) is 94.0 cm³/mol. The third-order valence-electron chi connectivity index (χ3n) is 3.58. The molecule has 0 aliphatic rings. The Morgan fingerprint density at radius 2 is 1.80 bits per heavy atom. The van der Waals surface area contributed by atoms with Crippen LogP contribution >= 0.6 is 0 Å². The highest BCUT2D eigenvalue weighted by molar-refractivity contribution is 5.55. The number of rotatable bonds is 8. The van der Waals surface area contributed by atoms with Crippen molar-refractivity contribution in [3.05, 3.63) is 66.5 Å². The maximum atomic E-state index is 9.95. The average Bonchev–Trinajstić information content (AvgIpc) is 3.08. The summed E-state index contributed by atoms with van der Waals surface area (Å²) in [5.41, 5.74) is 1.99. The minimum absolute atomic E-state index is 0.177. The fraction of sp³-hybridized carbons (Fsp3) is 0.263. The van der Waals surface area contributed by atoms with E-state index in [4.69, 9.17) is 9.47 Å². The van der Waals surface area contributed by atoms with Crippen LogP contribution in [0.3, 0.4) is 0 Å². The third-order valence-corrected chi connectivity index (χ3v) is 3.58. The quantitative estimate of drug-likeness (QED) is 0.683. The van der Waals surface area contributed by atoms with Crippen LogP contribution in [0.15, 0.2) is 60.9 Å². The van der Waals surface area contributed by atoms with Crippen molar-refractivity contribution in [3.63, 3.8) is 0 Å². The molecule has 6 heteroatoms. The van der Waals surface area contributed by atoms with Crippen LogP contribution < -0.4 is 4.74 Å². The van der Waals surface area contributed by atoms with Gasteiger partial charge < -0.3 is 14.6 Å². The van der Waals surface area contributed by atoms with Gasteiger partial charge in [-0.2, -0.15) is 5.10 Å². The lowest BCUT2D eigenvalue weighted by molar-refractivity contribution is 0.00549. The van der Waals surface area contributed by atoms with Gasteiger partial charge in [-0.05, 0) is 29.8 Å². The van der Waals surface area contributed by atoms with Crippen LogP contribution in [0, 0.1) is 0 Å². The molecule has 0 fully saturated rings. The second kappa shape index (κ2) is 8.41. The third kappa shape index (κ3) is 5.14. The van der Waals surface area contributed by atoms with Crippen molar-refractivity contribution in [2.45, 2.75) is 12.7 Å². The molecule has 0 amide bonds. The molecule has 2 aromatic carbocycles. The molecule has 3 rings (SSSR count). The number of aliphatic hydroxyl groups excluding tert-OH is 1. The summed E-state index contributed by atoms with van der Waals surface area (Å²) in [4.78, 5) is 4.20. The van der Waals surface area contributed by atoms with Gasteiger partial charge in [0.2, 0.25) is 0 Å². The van der Waals surface area contributed by atoms with E-state index >= 15 is 0 Å². The molecule has 1 aromatic heterocycles. The number of aliphatic hydroxyl groups is 1. The second-order valence-corrected chi connectivity index (χ2v) is 5.73. The zero-order chi connectivity index (χ0) is 17.5. The Bertz CT molecular complexity index is 772. The van der Waals surface area contributed by atoms with Gasteiger partial charge in [0.1, 0.15) is 24.8 Å². The number of hydrogen-bond acceptors (Lipinski definition) is 5. The van der Waals surface area contributed by atoms with Crippen LogP contribution in [0.5, 0.6) is 5.75 Å². The molecule has 0 unspecified atom stereocenters. The zero-order valence-electron chi connectivity index (χ0n) is 14.1. The standard InChI is InChI=1S/C19H21N3O3/c1-22-14-20-19(21-22)16-7-9-18(10-8-16)25-13-17(23)12-24-11-15-5-3-2-4-6-15/h2-10,14,17,23H,11-13H2,1H3/t17-/m0/s1. The fourth-order valence-corrected chi connectivity index (χ4v) is 2.30. The predicted octanol–water partition coefficient (Wildman–Crippen LogP) is 2.44. The van der Waals surface area contributed by atoms with Crippen LogP contribution in [0.1, 0.15) is 5.56 Å². The van der Waals surface area contributed by atoms with E-state index in [0.717, 1.165) is 11.1 Å². The highest BCUT2D eigenvalue weighted by Gasteiger charge is 2.07. The van der Waals surface area contributed by atoms with E-state index in [9.17, 15) is 5.11 Å². The van der Waals surface area contributed by atoms with Crippen LogP contribution in [-0.2, 0) is 18.4 Å². The van der Waals surface area contributed by atoms with Gasteiger partial charge in [0, 0.05) is 12.6 Å². The van der Waals surface area contributed by atoms with Gasteiger partial charge in [-0.25, -0.2) is 4.98 Å². The van der Waals surface area contributed by atoms with E-state index in [0.29, 0.717) is 18.2 Å². The van der Waals surface area contributed by atoms with Gasteiger partial charge >= 0.3 is 0 Å². The number of benzene rings is 2. The van der Waals surface area contributed by atoms with Gasteiger partial charge in [0.05, 0.1) is 13.2 Å². The summed E-state index contributed by atoms with van der Waals surface area (Å²) in [6.07, 6.45) is 0.979. The molecule has 0 aliphatic carbocycles. The van der Waals surface area contributed by atoms with Crippen LogP contribution in [-0.4, -0.2) is 39.2 Å². The maximum Gasteiger partial charge on any atom is 0.181 e. The van der Waals surface area contributed by atoms with E-state index in [1.807, 2.05) is 61.6 Å². The molecular formula is C19H21N3O3. The molecule has 1 heterocycles. The molecule has 0 aliphatic heterocycles. The number of nitrogens with zero attached hydrogens (tertiary/aromatic N) is 3. The van der Waals surface area contributed by atoms with E-state index < -0.39 is 6.10 Å². The molecule has 1 N–H and O–H groups in total. The summed E-state index contributed by atoms with van der Waals surface area (Å²) in [5, 5.41) is 14.2. The van der Waals surface area contributed by atoms with Gasteiger partial charge in [-0.3, -0.25) is 4.68 Å². The largest absolute Gasteiger partial charge is 0.491 e. The van der Waals surface area contributed by atoms with Crippen LogP contribution in [0.4, 0.5) is 0 Å². The van der Waals surface area contributed by atoms with Gasteiger partial charge in [0.25, 0.3) is 0 Å². The maximum absolute atomic E-state index is 9.95. The first-order chi connectivity index (χ1) is 12.2. The number of ether oxygens (including phenoxy) is 2. The Hall–Kier alpha value is -2.70. The first-order valence-corrected chi connectivity index (χ1v) is 8.09. The topological polar surface area (TPSA) is 69.4 Å². The summed E-state index contributed by atoms with van der Waals surface area (Å²) >= 11 is 0. The second-order valence-electron chi connectivity index (χ2n) is 5.73. The number of aromatic nitrogens is 3. The molecule has 0 radical (unpaired) electrons. The Kier molecular flexibility index (Phi) is 5.77. The Balaban J connectivity index is 1.42. The van der Waals surface area contributed by atoms with Crippen molar-refractivity contribution in [3.8, 4) is 17.1 Å². The minimum atomic E-state index is -0.680. The molecular weight excluding hydrogens is 318 g/mol. The SMILES string of the molecule is Cn1cnc(-c2ccc(OC[C@@H](O)COCc3ccccc3)cc2)n1. The molecule has 1 atom stereocenters. The highest BCUT2D eigenvalue weighted by atomic mass is 16.5. The van der Waals surface area contributed by atoms with Crippen molar-refractivity contribution in [1.82, 2.24) is 14.8 Å². The number of aryl methyl sites for hydroxylation is 1. The van der Waals surface area contributed by atoms with Crippen LogP contribution in [0.2, 0.25) is 0 Å². The van der Waals surface area contributed by atoms with E-state index in [-0.39, 0.29) is 13.2 Å². The van der Waals surface area contributed by atoms with Crippen molar-refractivity contribution in [2.24, 2.45) is 7.05 Å². The van der Waals surface area contributed by atoms with Gasteiger partial charge in [0.15, 0.2) is 5.82 Å². The minimum Gasteiger partial charge on any atom is -0.491 e. The summed E-state index contributed by atoms with van der Waals surface area (Å²) in [6, 6.07) is 17.3. The number of hydrogen-bond donors (Lipinski definition) is 1. The molecule has 0 saturated heterocycles. The Morgan fingerprint density at radius 3 is 2.48 bits per heavy atom. The molecule has 3 aromatic rings. The van der Waals surface area contributed by atoms with Crippen molar-refractivity contribution in [1.29, 1.82) is 0 Å². The van der Waals surface area contributed by atoms with E-state index in [2.05, 4.69) is 10.1 Å². The Labute approximate surface area is 146 Å². The summed E-state index contributed by atoms with van der Waals surface area (Å²) in [7, 11) is 1.83. The van der Waals surface area contributed by atoms with Gasteiger partial charge in [-0.15, -0.1) is 0 Å². The molecule has 0 spiro atoms. The molecule has 0 saturated carbocycles. The molecule has 130 valence electrons. The molecule has 0 bridgehead atoms. The van der Waals surface area contributed by atoms with E-state index in [1.54, 1.807) is 11.0 Å². The molecule has 6 nitrogen and oxygen atoms in total. The summed E-state index contributed by atoms with van der Waals surface area (Å²) in [6.45, 7) is 0.879. The average molecular weight is 339 g/mol. The first kappa shape index (κ1) is 17.1. The van der Waals surface area contributed by atoms with Gasteiger partial charge in [-0.1, -0.05) is 30.3 Å². The first-order valence-electron chi connectivity index (χ1n) is 8.09. The monoisotopic (exact) mass is 339 g/mol. The lowest BCUT2D eigenvalue weighted by atomic mass is 10.2. The van der Waals surface area contributed by atoms with Crippen LogP contribution in [0.25, 0.3) is 11.4 Å².